The summed E-state index contributed by atoms with van der Waals surface area (Å²) in [5, 5.41) is 0. The van der Waals surface area contributed by atoms with Gasteiger partial charge in [0.1, 0.15) is 5.75 Å². The molecule has 0 aliphatic heterocycles. The summed E-state index contributed by atoms with van der Waals surface area (Å²) in [6.07, 6.45) is 4.32. The van der Waals surface area contributed by atoms with Gasteiger partial charge in [0, 0.05) is 13.1 Å². The first-order valence-corrected chi connectivity index (χ1v) is 7.64. The Bertz CT molecular complexity index is 378. The third-order valence-electron chi connectivity index (χ3n) is 3.30. The van der Waals surface area contributed by atoms with E-state index in [1.807, 2.05) is 36.1 Å². The number of aryl methyl sites for hydroxylation is 1. The van der Waals surface area contributed by atoms with Gasteiger partial charge in [-0.25, -0.2) is 0 Å². The first-order chi connectivity index (χ1) is 9.67. The van der Waals surface area contributed by atoms with Crippen molar-refractivity contribution in [2.45, 2.75) is 46.5 Å². The topological polar surface area (TPSA) is 29.5 Å². The summed E-state index contributed by atoms with van der Waals surface area (Å²) in [6.45, 7) is 8.14. The Balaban J connectivity index is 2.45. The average molecular weight is 277 g/mol. The van der Waals surface area contributed by atoms with Crippen LogP contribution in [0.1, 0.15) is 45.1 Å². The van der Waals surface area contributed by atoms with Crippen LogP contribution in [0.15, 0.2) is 24.3 Å². The number of benzene rings is 1. The van der Waals surface area contributed by atoms with Gasteiger partial charge >= 0.3 is 0 Å². The summed E-state index contributed by atoms with van der Waals surface area (Å²) in [7, 11) is 0. The molecule has 0 unspecified atom stereocenters. The molecule has 0 aromatic heterocycles. The third kappa shape index (κ3) is 6.09. The van der Waals surface area contributed by atoms with Crippen LogP contribution in [0.3, 0.4) is 0 Å². The second-order valence-electron chi connectivity index (χ2n) is 5.19. The van der Waals surface area contributed by atoms with Gasteiger partial charge in [0.15, 0.2) is 6.61 Å². The Kier molecular flexibility index (Phi) is 7.78. The molecular formula is C17H27NO2. The Labute approximate surface area is 122 Å². The van der Waals surface area contributed by atoms with Crippen LogP contribution in [0.5, 0.6) is 5.75 Å². The number of nitrogens with zero attached hydrogens (tertiary/aromatic N) is 1. The first-order valence-electron chi connectivity index (χ1n) is 7.64. The van der Waals surface area contributed by atoms with E-state index in [0.29, 0.717) is 0 Å². The lowest BCUT2D eigenvalue weighted by molar-refractivity contribution is -0.133. The van der Waals surface area contributed by atoms with E-state index in [2.05, 4.69) is 13.8 Å². The second-order valence-corrected chi connectivity index (χ2v) is 5.19. The molecule has 0 saturated heterocycles. The lowest BCUT2D eigenvalue weighted by Crippen LogP contribution is -2.36. The van der Waals surface area contributed by atoms with E-state index in [0.717, 1.165) is 44.5 Å². The van der Waals surface area contributed by atoms with E-state index >= 15 is 0 Å². The van der Waals surface area contributed by atoms with Crippen molar-refractivity contribution < 1.29 is 9.53 Å². The zero-order chi connectivity index (χ0) is 14.8. The molecule has 0 heterocycles. The first kappa shape index (κ1) is 16.5. The minimum atomic E-state index is 0.0903. The fraction of sp³-hybridized carbons (Fsp3) is 0.588. The van der Waals surface area contributed by atoms with Crippen LogP contribution in [0, 0.1) is 6.92 Å². The average Bonchev–Trinajstić information content (AvgIpc) is 2.46. The van der Waals surface area contributed by atoms with Gasteiger partial charge in [-0.2, -0.15) is 0 Å². The fourth-order valence-corrected chi connectivity index (χ4v) is 1.93. The van der Waals surface area contributed by atoms with Crippen LogP contribution in [-0.4, -0.2) is 30.5 Å². The molecule has 0 spiro atoms. The van der Waals surface area contributed by atoms with Gasteiger partial charge in [-0.1, -0.05) is 44.4 Å². The van der Waals surface area contributed by atoms with Gasteiger partial charge in [0.2, 0.25) is 0 Å². The summed E-state index contributed by atoms with van der Waals surface area (Å²) >= 11 is 0. The molecule has 1 rings (SSSR count). The molecule has 1 amide bonds. The van der Waals surface area contributed by atoms with E-state index < -0.39 is 0 Å². The number of carbonyl (C=O) groups excluding carboxylic acids is 1. The van der Waals surface area contributed by atoms with Gasteiger partial charge in [-0.05, 0) is 31.9 Å². The van der Waals surface area contributed by atoms with Gasteiger partial charge in [-0.15, -0.1) is 0 Å². The van der Waals surface area contributed by atoms with Crippen molar-refractivity contribution in [3.8, 4) is 5.75 Å². The normalized spacial score (nSPS) is 10.3. The second kappa shape index (κ2) is 9.40. The molecule has 1 aromatic carbocycles. The molecule has 1 aromatic rings. The van der Waals surface area contributed by atoms with Crippen molar-refractivity contribution in [1.82, 2.24) is 4.90 Å². The smallest absolute Gasteiger partial charge is 0.260 e. The molecule has 20 heavy (non-hydrogen) atoms. The lowest BCUT2D eigenvalue weighted by Gasteiger charge is -2.22. The predicted molar refractivity (Wildman–Crippen MR) is 83.1 cm³/mol. The zero-order valence-corrected chi connectivity index (χ0v) is 13.0. The highest BCUT2D eigenvalue weighted by Crippen LogP contribution is 2.11. The zero-order valence-electron chi connectivity index (χ0n) is 13.0. The molecule has 0 aliphatic rings. The van der Waals surface area contributed by atoms with Crippen LogP contribution in [0.2, 0.25) is 0 Å². The van der Waals surface area contributed by atoms with Crippen LogP contribution < -0.4 is 4.74 Å². The molecule has 0 atom stereocenters. The number of hydrogen-bond donors (Lipinski definition) is 0. The van der Waals surface area contributed by atoms with E-state index in [1.54, 1.807) is 0 Å². The van der Waals surface area contributed by atoms with Crippen LogP contribution in [0.25, 0.3) is 0 Å². The van der Waals surface area contributed by atoms with Gasteiger partial charge in [-0.3, -0.25) is 4.79 Å². The standard InChI is InChI=1S/C17H27NO2/c1-4-6-12-18(13-7-5-2)17(19)14-20-16-10-8-15(3)9-11-16/h8-11H,4-7,12-14H2,1-3H3. The minimum absolute atomic E-state index is 0.0903. The van der Waals surface area contributed by atoms with E-state index in [9.17, 15) is 4.79 Å². The highest BCUT2D eigenvalue weighted by molar-refractivity contribution is 5.77. The lowest BCUT2D eigenvalue weighted by atomic mass is 10.2. The summed E-state index contributed by atoms with van der Waals surface area (Å²) in [4.78, 5) is 14.1. The predicted octanol–water partition coefficient (Wildman–Crippen LogP) is 3.80. The van der Waals surface area contributed by atoms with E-state index in [-0.39, 0.29) is 12.5 Å². The molecule has 0 aliphatic carbocycles. The maximum Gasteiger partial charge on any atom is 0.260 e. The fourth-order valence-electron chi connectivity index (χ4n) is 1.93. The molecule has 0 saturated carbocycles. The largest absolute Gasteiger partial charge is 0.484 e. The minimum Gasteiger partial charge on any atom is -0.484 e. The van der Waals surface area contributed by atoms with Gasteiger partial charge < -0.3 is 9.64 Å². The Morgan fingerprint density at radius 3 is 2.10 bits per heavy atom. The van der Waals surface area contributed by atoms with Crippen LogP contribution >= 0.6 is 0 Å². The molecule has 0 fully saturated rings. The maximum absolute atomic E-state index is 12.2. The van der Waals surface area contributed by atoms with E-state index in [4.69, 9.17) is 4.74 Å². The molecule has 0 radical (unpaired) electrons. The number of rotatable bonds is 9. The number of carbonyl (C=O) groups is 1. The Morgan fingerprint density at radius 2 is 1.60 bits per heavy atom. The number of amides is 1. The monoisotopic (exact) mass is 277 g/mol. The highest BCUT2D eigenvalue weighted by atomic mass is 16.5. The highest BCUT2D eigenvalue weighted by Gasteiger charge is 2.13. The Morgan fingerprint density at radius 1 is 1.05 bits per heavy atom. The molecule has 112 valence electrons. The van der Waals surface area contributed by atoms with Crippen LogP contribution in [0.4, 0.5) is 0 Å². The molecule has 3 heteroatoms. The molecule has 0 N–H and O–H groups in total. The quantitative estimate of drug-likeness (QED) is 0.687. The van der Waals surface area contributed by atoms with Crippen molar-refractivity contribution in [3.63, 3.8) is 0 Å². The van der Waals surface area contributed by atoms with Crippen molar-refractivity contribution in [2.24, 2.45) is 0 Å². The summed E-state index contributed by atoms with van der Waals surface area (Å²) in [6, 6.07) is 7.80. The van der Waals surface area contributed by atoms with Crippen molar-refractivity contribution in [3.05, 3.63) is 29.8 Å². The molecule has 3 nitrogen and oxygen atoms in total. The van der Waals surface area contributed by atoms with Gasteiger partial charge in [0.05, 0.1) is 0 Å². The number of hydrogen-bond acceptors (Lipinski definition) is 2. The Hall–Kier alpha value is -1.51. The maximum atomic E-state index is 12.2. The van der Waals surface area contributed by atoms with Crippen molar-refractivity contribution in [2.75, 3.05) is 19.7 Å². The van der Waals surface area contributed by atoms with Crippen molar-refractivity contribution >= 4 is 5.91 Å². The SMILES string of the molecule is CCCCN(CCCC)C(=O)COc1ccc(C)cc1. The summed E-state index contributed by atoms with van der Waals surface area (Å²) in [5.41, 5.74) is 1.19. The molecule has 0 bridgehead atoms. The van der Waals surface area contributed by atoms with E-state index in [1.165, 1.54) is 5.56 Å². The molecular weight excluding hydrogens is 250 g/mol. The van der Waals surface area contributed by atoms with Crippen molar-refractivity contribution in [1.29, 1.82) is 0 Å². The number of unbranched alkanes of at least 4 members (excludes halogenated alkanes) is 2. The third-order valence-corrected chi connectivity index (χ3v) is 3.30. The van der Waals surface area contributed by atoms with Crippen LogP contribution in [-0.2, 0) is 4.79 Å². The number of ether oxygens (including phenoxy) is 1. The van der Waals surface area contributed by atoms with Gasteiger partial charge in [0.25, 0.3) is 5.91 Å². The summed E-state index contributed by atoms with van der Waals surface area (Å²) in [5.74, 6) is 0.849. The summed E-state index contributed by atoms with van der Waals surface area (Å²) < 4.78 is 5.57.